The molecule has 0 aliphatic carbocycles. The van der Waals surface area contributed by atoms with Crippen molar-refractivity contribution in [3.05, 3.63) is 35.4 Å². The van der Waals surface area contributed by atoms with E-state index in [1.165, 1.54) is 4.90 Å². The van der Waals surface area contributed by atoms with Crippen LogP contribution < -0.4 is 10.0 Å². The number of aromatic carboxylic acids is 1. The van der Waals surface area contributed by atoms with Gasteiger partial charge < -0.3 is 14.8 Å². The van der Waals surface area contributed by atoms with Crippen LogP contribution in [0.1, 0.15) is 36.7 Å². The van der Waals surface area contributed by atoms with Crippen LogP contribution in [0, 0.1) is 0 Å². The Bertz CT molecular complexity index is 345. The monoisotopic (exact) mass is 237 g/mol. The SMILES string of the molecule is CC(C)(C)c1ccc(C(=O)[O-])cc1.C[NH+](C)C. The lowest BCUT2D eigenvalue weighted by Crippen LogP contribution is -3.02. The van der Waals surface area contributed by atoms with Crippen molar-refractivity contribution in [2.24, 2.45) is 0 Å². The number of carbonyl (C=O) groups excluding carboxylic acids is 1. The molecule has 0 atom stereocenters. The molecule has 0 saturated carbocycles. The van der Waals surface area contributed by atoms with Crippen LogP contribution >= 0.6 is 0 Å². The lowest BCUT2D eigenvalue weighted by molar-refractivity contribution is -0.836. The Kier molecular flexibility index (Phi) is 5.89. The Morgan fingerprint density at radius 2 is 1.41 bits per heavy atom. The van der Waals surface area contributed by atoms with E-state index in [1.807, 2.05) is 12.1 Å². The van der Waals surface area contributed by atoms with E-state index in [4.69, 9.17) is 0 Å². The lowest BCUT2D eigenvalue weighted by Gasteiger charge is -2.19. The molecule has 0 saturated heterocycles. The highest BCUT2D eigenvalue weighted by Gasteiger charge is 2.12. The van der Waals surface area contributed by atoms with Gasteiger partial charge in [-0.3, -0.25) is 0 Å². The summed E-state index contributed by atoms with van der Waals surface area (Å²) in [5.41, 5.74) is 1.41. The van der Waals surface area contributed by atoms with Crippen molar-refractivity contribution in [1.82, 2.24) is 0 Å². The summed E-state index contributed by atoms with van der Waals surface area (Å²) in [5, 5.41) is 10.5. The van der Waals surface area contributed by atoms with Crippen molar-refractivity contribution in [2.75, 3.05) is 21.1 Å². The van der Waals surface area contributed by atoms with E-state index in [0.29, 0.717) is 0 Å². The quantitative estimate of drug-likeness (QED) is 0.753. The number of hydrogen-bond donors (Lipinski definition) is 1. The zero-order valence-electron chi connectivity index (χ0n) is 11.6. The first kappa shape index (κ1) is 15.7. The Labute approximate surface area is 104 Å². The minimum Gasteiger partial charge on any atom is -0.545 e. The number of benzene rings is 1. The van der Waals surface area contributed by atoms with Crippen molar-refractivity contribution in [1.29, 1.82) is 0 Å². The Balaban J connectivity index is 0.000000557. The smallest absolute Gasteiger partial charge is 0.0715 e. The molecule has 3 nitrogen and oxygen atoms in total. The van der Waals surface area contributed by atoms with Gasteiger partial charge in [-0.15, -0.1) is 0 Å². The molecule has 0 fully saturated rings. The van der Waals surface area contributed by atoms with Crippen LogP contribution in [0.15, 0.2) is 24.3 Å². The van der Waals surface area contributed by atoms with Crippen molar-refractivity contribution >= 4 is 5.97 Å². The summed E-state index contributed by atoms with van der Waals surface area (Å²) in [6.45, 7) is 6.25. The summed E-state index contributed by atoms with van der Waals surface area (Å²) in [6.07, 6.45) is 0. The van der Waals surface area contributed by atoms with Gasteiger partial charge in [0.1, 0.15) is 0 Å². The molecule has 0 bridgehead atoms. The van der Waals surface area contributed by atoms with E-state index >= 15 is 0 Å². The molecule has 0 amide bonds. The number of quaternary nitrogens is 1. The van der Waals surface area contributed by atoms with E-state index in [2.05, 4.69) is 41.9 Å². The summed E-state index contributed by atoms with van der Waals surface area (Å²) >= 11 is 0. The van der Waals surface area contributed by atoms with Crippen molar-refractivity contribution in [3.8, 4) is 0 Å². The lowest BCUT2D eigenvalue weighted by atomic mass is 9.87. The number of carbonyl (C=O) groups is 1. The standard InChI is InChI=1S/C11H14O2.C3H9N/c1-11(2,3)9-6-4-8(5-7-9)10(12)13;1-4(2)3/h4-7H,1-3H3,(H,12,13);1-3H3. The summed E-state index contributed by atoms with van der Waals surface area (Å²) < 4.78 is 0. The van der Waals surface area contributed by atoms with E-state index in [-0.39, 0.29) is 11.0 Å². The van der Waals surface area contributed by atoms with Gasteiger partial charge in [0.25, 0.3) is 0 Å². The van der Waals surface area contributed by atoms with E-state index < -0.39 is 5.97 Å². The molecule has 0 unspecified atom stereocenters. The van der Waals surface area contributed by atoms with Crippen molar-refractivity contribution in [2.45, 2.75) is 26.2 Å². The summed E-state index contributed by atoms with van der Waals surface area (Å²) in [4.78, 5) is 11.9. The van der Waals surface area contributed by atoms with Gasteiger partial charge in [0.05, 0.1) is 27.1 Å². The molecule has 0 aliphatic heterocycles. The molecule has 3 heteroatoms. The molecule has 1 aromatic rings. The third kappa shape index (κ3) is 6.74. The molecule has 1 aromatic carbocycles. The molecule has 17 heavy (non-hydrogen) atoms. The van der Waals surface area contributed by atoms with Gasteiger partial charge in [-0.25, -0.2) is 0 Å². The molecular formula is C14H23NO2. The minimum absolute atomic E-state index is 0.0600. The first-order chi connectivity index (χ1) is 7.64. The second kappa shape index (κ2) is 6.40. The van der Waals surface area contributed by atoms with E-state index in [0.717, 1.165) is 5.56 Å². The molecule has 1 rings (SSSR count). The molecular weight excluding hydrogens is 214 g/mol. The van der Waals surface area contributed by atoms with Crippen molar-refractivity contribution in [3.63, 3.8) is 0 Å². The molecule has 0 aromatic heterocycles. The van der Waals surface area contributed by atoms with Gasteiger partial charge in [0, 0.05) is 0 Å². The summed E-state index contributed by atoms with van der Waals surface area (Å²) in [6, 6.07) is 6.81. The maximum atomic E-state index is 10.5. The fourth-order valence-corrected chi connectivity index (χ4v) is 1.11. The van der Waals surface area contributed by atoms with Crippen LogP contribution in [0.4, 0.5) is 0 Å². The third-order valence-electron chi connectivity index (χ3n) is 1.99. The average Bonchev–Trinajstić information content (AvgIpc) is 2.15. The van der Waals surface area contributed by atoms with Gasteiger partial charge in [0.2, 0.25) is 0 Å². The Morgan fingerprint density at radius 1 is 1.06 bits per heavy atom. The normalized spacial score (nSPS) is 10.8. The fourth-order valence-electron chi connectivity index (χ4n) is 1.11. The zero-order valence-corrected chi connectivity index (χ0v) is 11.6. The second-order valence-corrected chi connectivity index (χ2v) is 5.61. The molecule has 1 N–H and O–H groups in total. The summed E-state index contributed by atoms with van der Waals surface area (Å²) in [5.74, 6) is -1.12. The number of rotatable bonds is 1. The van der Waals surface area contributed by atoms with E-state index in [9.17, 15) is 9.90 Å². The van der Waals surface area contributed by atoms with Crippen LogP contribution in [0.2, 0.25) is 0 Å². The maximum absolute atomic E-state index is 10.5. The molecule has 0 heterocycles. The van der Waals surface area contributed by atoms with Crippen LogP contribution in [0.3, 0.4) is 0 Å². The van der Waals surface area contributed by atoms with Crippen molar-refractivity contribution < 1.29 is 14.8 Å². The predicted molar refractivity (Wildman–Crippen MR) is 68.2 cm³/mol. The van der Waals surface area contributed by atoms with Crippen LogP contribution in [0.25, 0.3) is 0 Å². The van der Waals surface area contributed by atoms with Gasteiger partial charge in [-0.05, 0) is 16.5 Å². The highest BCUT2D eigenvalue weighted by molar-refractivity contribution is 5.85. The summed E-state index contributed by atoms with van der Waals surface area (Å²) in [7, 11) is 6.25. The van der Waals surface area contributed by atoms with Gasteiger partial charge in [0.15, 0.2) is 0 Å². The Morgan fingerprint density at radius 3 is 1.65 bits per heavy atom. The topological polar surface area (TPSA) is 44.6 Å². The van der Waals surface area contributed by atoms with Gasteiger partial charge >= 0.3 is 0 Å². The third-order valence-corrected chi connectivity index (χ3v) is 1.99. The van der Waals surface area contributed by atoms with Crippen LogP contribution in [-0.4, -0.2) is 27.1 Å². The maximum Gasteiger partial charge on any atom is 0.0715 e. The first-order valence-corrected chi connectivity index (χ1v) is 5.73. The molecule has 0 spiro atoms. The van der Waals surface area contributed by atoms with Crippen LogP contribution in [0.5, 0.6) is 0 Å². The fraction of sp³-hybridized carbons (Fsp3) is 0.500. The number of carboxylic acid groups (broad SMARTS) is 1. The highest BCUT2D eigenvalue weighted by Crippen LogP contribution is 2.21. The molecule has 0 radical (unpaired) electrons. The van der Waals surface area contributed by atoms with E-state index in [1.54, 1.807) is 12.1 Å². The number of carboxylic acids is 1. The minimum atomic E-state index is -1.12. The second-order valence-electron chi connectivity index (χ2n) is 5.61. The van der Waals surface area contributed by atoms with Gasteiger partial charge in [-0.2, -0.15) is 0 Å². The first-order valence-electron chi connectivity index (χ1n) is 5.73. The zero-order chi connectivity index (χ0) is 13.6. The average molecular weight is 237 g/mol. The highest BCUT2D eigenvalue weighted by atomic mass is 16.4. The van der Waals surface area contributed by atoms with Crippen LogP contribution in [-0.2, 0) is 5.41 Å². The number of nitrogens with one attached hydrogen (secondary N) is 1. The largest absolute Gasteiger partial charge is 0.545 e. The molecule has 0 aliphatic rings. The predicted octanol–water partition coefficient (Wildman–Crippen LogP) is 0.108. The Hall–Kier alpha value is -1.35. The molecule has 96 valence electrons. The van der Waals surface area contributed by atoms with Gasteiger partial charge in [-0.1, -0.05) is 45.0 Å². The number of hydrogen-bond acceptors (Lipinski definition) is 2.